The van der Waals surface area contributed by atoms with Gasteiger partial charge in [0.05, 0.1) is 5.92 Å². The number of carbonyl (C=O) groups excluding carboxylic acids is 1. The van der Waals surface area contributed by atoms with Crippen molar-refractivity contribution in [2.45, 2.75) is 26.2 Å². The molecule has 0 aromatic rings. The molecule has 0 aromatic carbocycles. The number of aliphatic carboxylic acids is 1. The van der Waals surface area contributed by atoms with Gasteiger partial charge in [-0.25, -0.2) is 0 Å². The van der Waals surface area contributed by atoms with Gasteiger partial charge >= 0.3 is 5.97 Å². The lowest BCUT2D eigenvalue weighted by Gasteiger charge is -2.26. The summed E-state index contributed by atoms with van der Waals surface area (Å²) in [6.07, 6.45) is 3.15. The molecule has 1 rings (SSSR count). The maximum Gasteiger partial charge on any atom is 0.307 e. The number of amides is 1. The van der Waals surface area contributed by atoms with E-state index in [0.29, 0.717) is 0 Å². The molecular formula is C11H19NO4S. The number of hydrogen-bond donors (Lipinski definition) is 1. The van der Waals surface area contributed by atoms with Crippen molar-refractivity contribution in [3.63, 3.8) is 0 Å². The van der Waals surface area contributed by atoms with Crippen molar-refractivity contribution in [3.8, 4) is 0 Å². The van der Waals surface area contributed by atoms with E-state index < -0.39 is 22.7 Å². The van der Waals surface area contributed by atoms with Crippen molar-refractivity contribution < 1.29 is 18.9 Å². The summed E-state index contributed by atoms with van der Waals surface area (Å²) >= 11 is 0. The second-order valence-electron chi connectivity index (χ2n) is 4.43. The first-order valence-corrected chi connectivity index (χ1v) is 7.35. The Labute approximate surface area is 104 Å². The van der Waals surface area contributed by atoms with Crippen LogP contribution in [0, 0.1) is 5.92 Å². The molecule has 1 N–H and O–H groups in total. The van der Waals surface area contributed by atoms with Crippen LogP contribution in [0.1, 0.15) is 26.2 Å². The van der Waals surface area contributed by atoms with Gasteiger partial charge in [-0.1, -0.05) is 6.92 Å². The fraction of sp³-hybridized carbons (Fsp3) is 0.818. The van der Waals surface area contributed by atoms with Crippen LogP contribution in [0.2, 0.25) is 0 Å². The molecule has 1 fully saturated rings. The third-order valence-corrected chi connectivity index (χ3v) is 4.29. The van der Waals surface area contributed by atoms with Gasteiger partial charge < -0.3 is 10.0 Å². The minimum Gasteiger partial charge on any atom is -0.481 e. The first kappa shape index (κ1) is 14.2. The number of carboxylic acid groups (broad SMARTS) is 1. The van der Waals surface area contributed by atoms with Gasteiger partial charge in [0, 0.05) is 29.6 Å². The van der Waals surface area contributed by atoms with E-state index in [4.69, 9.17) is 5.11 Å². The van der Waals surface area contributed by atoms with Gasteiger partial charge in [-0.3, -0.25) is 13.8 Å². The molecule has 0 saturated carbocycles. The van der Waals surface area contributed by atoms with Crippen molar-refractivity contribution in [2.75, 3.05) is 24.6 Å². The van der Waals surface area contributed by atoms with Crippen LogP contribution >= 0.6 is 0 Å². The Kier molecular flexibility index (Phi) is 5.61. The smallest absolute Gasteiger partial charge is 0.307 e. The molecule has 0 radical (unpaired) electrons. The van der Waals surface area contributed by atoms with E-state index in [1.807, 2.05) is 0 Å². The normalized spacial score (nSPS) is 19.7. The average Bonchev–Trinajstić information content (AvgIpc) is 2.29. The van der Waals surface area contributed by atoms with Crippen molar-refractivity contribution in [1.82, 2.24) is 4.90 Å². The van der Waals surface area contributed by atoms with Crippen molar-refractivity contribution in [2.24, 2.45) is 5.92 Å². The lowest BCUT2D eigenvalue weighted by molar-refractivity contribution is -0.140. The van der Waals surface area contributed by atoms with Crippen LogP contribution in [0.3, 0.4) is 0 Å². The Bertz CT molecular complexity index is 313. The zero-order chi connectivity index (χ0) is 12.8. The average molecular weight is 261 g/mol. The van der Waals surface area contributed by atoms with Crippen LogP contribution in [0.25, 0.3) is 0 Å². The zero-order valence-corrected chi connectivity index (χ0v) is 10.9. The Morgan fingerprint density at radius 2 is 1.88 bits per heavy atom. The number of carboxylic acids is 1. The van der Waals surface area contributed by atoms with E-state index in [1.54, 1.807) is 4.90 Å². The Balaban J connectivity index is 2.34. The molecule has 17 heavy (non-hydrogen) atoms. The Hall–Kier alpha value is -0.910. The molecule has 2 atom stereocenters. The van der Waals surface area contributed by atoms with Crippen LogP contribution < -0.4 is 0 Å². The van der Waals surface area contributed by atoms with Crippen LogP contribution in [-0.2, 0) is 20.4 Å². The van der Waals surface area contributed by atoms with E-state index in [-0.39, 0.29) is 17.4 Å². The monoisotopic (exact) mass is 261 g/mol. The van der Waals surface area contributed by atoms with Gasteiger partial charge in [0.25, 0.3) is 0 Å². The summed E-state index contributed by atoms with van der Waals surface area (Å²) in [5.41, 5.74) is 0. The molecule has 1 heterocycles. The minimum atomic E-state index is -1.37. The highest BCUT2D eigenvalue weighted by molar-refractivity contribution is 7.85. The molecule has 0 aromatic heterocycles. The lowest BCUT2D eigenvalue weighted by Crippen LogP contribution is -2.39. The number of piperidine rings is 1. The number of carbonyl (C=O) groups is 2. The fourth-order valence-corrected chi connectivity index (χ4v) is 3.06. The zero-order valence-electron chi connectivity index (χ0n) is 10.1. The van der Waals surface area contributed by atoms with Crippen molar-refractivity contribution in [3.05, 3.63) is 0 Å². The second-order valence-corrected chi connectivity index (χ2v) is 5.93. The summed E-state index contributed by atoms with van der Waals surface area (Å²) in [5.74, 6) is -1.73. The first-order chi connectivity index (χ1) is 8.00. The van der Waals surface area contributed by atoms with Crippen LogP contribution in [-0.4, -0.2) is 50.7 Å². The third kappa shape index (κ3) is 4.85. The van der Waals surface area contributed by atoms with Crippen LogP contribution in [0.15, 0.2) is 0 Å². The predicted molar refractivity (Wildman–Crippen MR) is 65.1 cm³/mol. The van der Waals surface area contributed by atoms with E-state index in [1.165, 1.54) is 6.92 Å². The molecule has 5 nitrogen and oxygen atoms in total. The summed E-state index contributed by atoms with van der Waals surface area (Å²) in [7, 11) is -1.37. The molecular weight excluding hydrogens is 242 g/mol. The second kappa shape index (κ2) is 6.74. The van der Waals surface area contributed by atoms with Gasteiger partial charge in [-0.05, 0) is 19.3 Å². The molecule has 98 valence electrons. The minimum absolute atomic E-state index is 0.0440. The molecule has 1 saturated heterocycles. The van der Waals surface area contributed by atoms with Gasteiger partial charge in [0.1, 0.15) is 5.75 Å². The van der Waals surface area contributed by atoms with E-state index in [0.717, 1.165) is 32.4 Å². The van der Waals surface area contributed by atoms with E-state index in [9.17, 15) is 13.8 Å². The maximum atomic E-state index is 11.7. The molecule has 6 heteroatoms. The fourth-order valence-electron chi connectivity index (χ4n) is 1.78. The summed E-state index contributed by atoms with van der Waals surface area (Å²) in [5, 5.41) is 8.68. The number of likely N-dealkylation sites (tertiary alicyclic amines) is 1. The molecule has 0 spiro atoms. The molecule has 0 aliphatic carbocycles. The maximum absolute atomic E-state index is 11.7. The molecule has 1 amide bonds. The van der Waals surface area contributed by atoms with Crippen LogP contribution in [0.5, 0.6) is 0 Å². The summed E-state index contributed by atoms with van der Waals surface area (Å²) in [4.78, 5) is 24.1. The van der Waals surface area contributed by atoms with Gasteiger partial charge in [0.15, 0.2) is 0 Å². The van der Waals surface area contributed by atoms with Crippen LogP contribution in [0.4, 0.5) is 0 Å². The number of hydrogen-bond acceptors (Lipinski definition) is 3. The molecule has 1 aliphatic rings. The standard InChI is InChI=1S/C11H19NO4S/c1-9(11(14)15)7-17(16)8-10(13)12-5-3-2-4-6-12/h9H,2-8H2,1H3,(H,14,15). The summed E-state index contributed by atoms with van der Waals surface area (Å²) in [6, 6.07) is 0. The van der Waals surface area contributed by atoms with Gasteiger partial charge in [-0.15, -0.1) is 0 Å². The van der Waals surface area contributed by atoms with Gasteiger partial charge in [0.2, 0.25) is 5.91 Å². The van der Waals surface area contributed by atoms with E-state index >= 15 is 0 Å². The van der Waals surface area contributed by atoms with E-state index in [2.05, 4.69) is 0 Å². The molecule has 1 aliphatic heterocycles. The molecule has 2 unspecified atom stereocenters. The third-order valence-electron chi connectivity index (χ3n) is 2.85. The summed E-state index contributed by atoms with van der Waals surface area (Å²) < 4.78 is 11.6. The number of nitrogens with zero attached hydrogens (tertiary/aromatic N) is 1. The highest BCUT2D eigenvalue weighted by atomic mass is 32.2. The topological polar surface area (TPSA) is 74.7 Å². The first-order valence-electron chi connectivity index (χ1n) is 5.86. The predicted octanol–water partition coefficient (Wildman–Crippen LogP) is 0.468. The quantitative estimate of drug-likeness (QED) is 0.780. The van der Waals surface area contributed by atoms with Crippen molar-refractivity contribution in [1.29, 1.82) is 0 Å². The lowest BCUT2D eigenvalue weighted by atomic mass is 10.1. The highest BCUT2D eigenvalue weighted by Gasteiger charge is 2.21. The molecule has 0 bridgehead atoms. The highest BCUT2D eigenvalue weighted by Crippen LogP contribution is 2.09. The Morgan fingerprint density at radius 3 is 2.41 bits per heavy atom. The number of rotatable bonds is 5. The largest absolute Gasteiger partial charge is 0.481 e. The van der Waals surface area contributed by atoms with Crippen molar-refractivity contribution >= 4 is 22.7 Å². The Morgan fingerprint density at radius 1 is 1.29 bits per heavy atom. The van der Waals surface area contributed by atoms with Gasteiger partial charge in [-0.2, -0.15) is 0 Å². The summed E-state index contributed by atoms with van der Waals surface area (Å²) in [6.45, 7) is 2.99. The SMILES string of the molecule is CC(CS(=O)CC(=O)N1CCCCC1)C(=O)O.